The number of nitro groups is 1. The quantitative estimate of drug-likeness (QED) is 0.481. The lowest BCUT2D eigenvalue weighted by Gasteiger charge is -2.03. The number of alkyl halides is 1. The predicted octanol–water partition coefficient (Wildman–Crippen LogP) is 2.39. The fourth-order valence-electron chi connectivity index (χ4n) is 1.39. The molecule has 0 atom stereocenters. The van der Waals surface area contributed by atoms with Gasteiger partial charge in [0.15, 0.2) is 5.82 Å². The number of ether oxygens (including phenoxy) is 1. The van der Waals surface area contributed by atoms with Gasteiger partial charge in [0.05, 0.1) is 29.5 Å². The Labute approximate surface area is 106 Å². The summed E-state index contributed by atoms with van der Waals surface area (Å²) in [5.41, 5.74) is 0.402. The molecule has 7 nitrogen and oxygen atoms in total. The Bertz CT molecular complexity index is 584. The molecule has 0 saturated heterocycles. The van der Waals surface area contributed by atoms with E-state index >= 15 is 0 Å². The summed E-state index contributed by atoms with van der Waals surface area (Å²) < 4.78 is 10.1. The van der Waals surface area contributed by atoms with Crippen LogP contribution in [0.25, 0.3) is 11.5 Å². The van der Waals surface area contributed by atoms with Gasteiger partial charge < -0.3 is 9.26 Å². The Hall–Kier alpha value is -2.15. The molecule has 18 heavy (non-hydrogen) atoms. The number of methoxy groups -OCH3 is 1. The van der Waals surface area contributed by atoms with E-state index in [2.05, 4.69) is 10.1 Å². The van der Waals surface area contributed by atoms with Crippen molar-refractivity contribution >= 4 is 17.3 Å². The molecule has 0 amide bonds. The summed E-state index contributed by atoms with van der Waals surface area (Å²) in [5.74, 6) is 0.956. The van der Waals surface area contributed by atoms with E-state index in [4.69, 9.17) is 20.9 Å². The van der Waals surface area contributed by atoms with Gasteiger partial charge in [0.25, 0.3) is 11.6 Å². The van der Waals surface area contributed by atoms with Crippen LogP contribution in [0.4, 0.5) is 5.69 Å². The van der Waals surface area contributed by atoms with Gasteiger partial charge in [-0.2, -0.15) is 4.98 Å². The highest BCUT2D eigenvalue weighted by Gasteiger charge is 2.17. The summed E-state index contributed by atoms with van der Waals surface area (Å²) in [5, 5.41) is 14.3. The van der Waals surface area contributed by atoms with Crippen molar-refractivity contribution < 1.29 is 14.2 Å². The third-order valence-electron chi connectivity index (χ3n) is 2.21. The topological polar surface area (TPSA) is 91.3 Å². The third kappa shape index (κ3) is 2.25. The van der Waals surface area contributed by atoms with Crippen LogP contribution in [0, 0.1) is 10.1 Å². The molecule has 0 fully saturated rings. The maximum Gasteiger partial charge on any atom is 0.273 e. The van der Waals surface area contributed by atoms with Gasteiger partial charge >= 0.3 is 0 Å². The average Bonchev–Trinajstić information content (AvgIpc) is 2.86. The molecular weight excluding hydrogens is 262 g/mol. The van der Waals surface area contributed by atoms with Gasteiger partial charge in [-0.1, -0.05) is 5.16 Å². The number of benzene rings is 1. The smallest absolute Gasteiger partial charge is 0.273 e. The first-order valence-corrected chi connectivity index (χ1v) is 5.40. The van der Waals surface area contributed by atoms with Crippen LogP contribution in [0.3, 0.4) is 0 Å². The first-order valence-electron chi connectivity index (χ1n) is 4.87. The molecule has 2 rings (SSSR count). The van der Waals surface area contributed by atoms with E-state index in [1.54, 1.807) is 0 Å². The number of rotatable bonds is 4. The van der Waals surface area contributed by atoms with Crippen LogP contribution in [0.5, 0.6) is 5.75 Å². The second kappa shape index (κ2) is 5.01. The summed E-state index contributed by atoms with van der Waals surface area (Å²) in [4.78, 5) is 14.2. The van der Waals surface area contributed by atoms with E-state index in [0.717, 1.165) is 0 Å². The molecule has 1 aromatic carbocycles. The van der Waals surface area contributed by atoms with E-state index in [-0.39, 0.29) is 23.2 Å². The zero-order chi connectivity index (χ0) is 13.1. The zero-order valence-corrected chi connectivity index (χ0v) is 10.0. The van der Waals surface area contributed by atoms with Crippen molar-refractivity contribution in [3.63, 3.8) is 0 Å². The molecule has 2 aromatic rings. The monoisotopic (exact) mass is 269 g/mol. The summed E-state index contributed by atoms with van der Waals surface area (Å²) in [6, 6.07) is 4.12. The molecule has 1 aromatic heterocycles. The van der Waals surface area contributed by atoms with Crippen molar-refractivity contribution in [2.75, 3.05) is 7.11 Å². The summed E-state index contributed by atoms with van der Waals surface area (Å²) in [7, 11) is 1.40. The van der Waals surface area contributed by atoms with Crippen LogP contribution in [0.1, 0.15) is 5.82 Å². The van der Waals surface area contributed by atoms with Crippen LogP contribution < -0.4 is 4.74 Å². The molecule has 0 saturated carbocycles. The highest BCUT2D eigenvalue weighted by molar-refractivity contribution is 6.16. The Morgan fingerprint density at radius 2 is 2.33 bits per heavy atom. The number of nitro benzene ring substituents is 1. The van der Waals surface area contributed by atoms with Crippen LogP contribution >= 0.6 is 11.6 Å². The number of aromatic nitrogens is 2. The van der Waals surface area contributed by atoms with Crippen molar-refractivity contribution in [3.8, 4) is 17.2 Å². The molecule has 0 unspecified atom stereocenters. The van der Waals surface area contributed by atoms with Gasteiger partial charge in [-0.25, -0.2) is 0 Å². The highest BCUT2D eigenvalue weighted by Crippen LogP contribution is 2.32. The third-order valence-corrected chi connectivity index (χ3v) is 2.45. The fourth-order valence-corrected chi connectivity index (χ4v) is 1.50. The molecule has 0 aliphatic rings. The van der Waals surface area contributed by atoms with E-state index in [9.17, 15) is 10.1 Å². The molecule has 0 bridgehead atoms. The first-order chi connectivity index (χ1) is 8.65. The zero-order valence-electron chi connectivity index (χ0n) is 9.29. The number of nitrogens with zero attached hydrogens (tertiary/aromatic N) is 3. The molecule has 1 heterocycles. The van der Waals surface area contributed by atoms with E-state index in [1.165, 1.54) is 25.3 Å². The highest BCUT2D eigenvalue weighted by atomic mass is 35.5. The number of hydrogen-bond acceptors (Lipinski definition) is 6. The number of halogens is 1. The molecular formula is C10H8ClN3O4. The minimum Gasteiger partial charge on any atom is -0.496 e. The maximum absolute atomic E-state index is 10.6. The largest absolute Gasteiger partial charge is 0.496 e. The Kier molecular flexibility index (Phi) is 3.42. The van der Waals surface area contributed by atoms with Crippen molar-refractivity contribution in [1.29, 1.82) is 0 Å². The van der Waals surface area contributed by atoms with Crippen molar-refractivity contribution in [2.45, 2.75) is 5.88 Å². The number of hydrogen-bond donors (Lipinski definition) is 0. The predicted molar refractivity (Wildman–Crippen MR) is 62.5 cm³/mol. The summed E-state index contributed by atoms with van der Waals surface area (Å²) in [6.07, 6.45) is 0. The van der Waals surface area contributed by atoms with E-state index in [0.29, 0.717) is 11.4 Å². The van der Waals surface area contributed by atoms with Crippen LogP contribution in [0.15, 0.2) is 22.7 Å². The number of non-ortho nitro benzene ring substituents is 1. The minimum atomic E-state index is -0.510. The summed E-state index contributed by atoms with van der Waals surface area (Å²) in [6.45, 7) is 0. The Balaban J connectivity index is 2.47. The van der Waals surface area contributed by atoms with Gasteiger partial charge in [-0.05, 0) is 6.07 Å². The lowest BCUT2D eigenvalue weighted by atomic mass is 10.2. The molecule has 0 aliphatic carbocycles. The standard InChI is InChI=1S/C10H8ClN3O4/c1-17-8-4-6(14(15)16)2-3-7(8)10-12-9(5-11)13-18-10/h2-4H,5H2,1H3. The van der Waals surface area contributed by atoms with Crippen molar-refractivity contribution in [1.82, 2.24) is 10.1 Å². The van der Waals surface area contributed by atoms with Gasteiger partial charge in [0, 0.05) is 6.07 Å². The van der Waals surface area contributed by atoms with Crippen molar-refractivity contribution in [2.24, 2.45) is 0 Å². The Morgan fingerprint density at radius 3 is 2.89 bits per heavy atom. The SMILES string of the molecule is COc1cc([N+](=O)[O-])ccc1-c1nc(CCl)no1. The van der Waals surface area contributed by atoms with Gasteiger partial charge in [0.2, 0.25) is 0 Å². The lowest BCUT2D eigenvalue weighted by Crippen LogP contribution is -1.92. The second-order valence-corrected chi connectivity index (χ2v) is 3.56. The molecule has 8 heteroatoms. The fraction of sp³-hybridized carbons (Fsp3) is 0.200. The van der Waals surface area contributed by atoms with Crippen LogP contribution in [-0.2, 0) is 5.88 Å². The molecule has 94 valence electrons. The molecule has 0 radical (unpaired) electrons. The van der Waals surface area contributed by atoms with E-state index < -0.39 is 4.92 Å². The van der Waals surface area contributed by atoms with Gasteiger partial charge in [-0.3, -0.25) is 10.1 Å². The maximum atomic E-state index is 10.6. The van der Waals surface area contributed by atoms with E-state index in [1.807, 2.05) is 0 Å². The second-order valence-electron chi connectivity index (χ2n) is 3.29. The van der Waals surface area contributed by atoms with Crippen molar-refractivity contribution in [3.05, 3.63) is 34.1 Å². The van der Waals surface area contributed by atoms with Crippen LogP contribution in [0.2, 0.25) is 0 Å². The minimum absolute atomic E-state index is 0.0762. The molecule has 0 spiro atoms. The lowest BCUT2D eigenvalue weighted by molar-refractivity contribution is -0.384. The van der Waals surface area contributed by atoms with Gasteiger partial charge in [0.1, 0.15) is 5.75 Å². The Morgan fingerprint density at radius 1 is 1.56 bits per heavy atom. The normalized spacial score (nSPS) is 10.3. The molecule has 0 aliphatic heterocycles. The van der Waals surface area contributed by atoms with Crippen LogP contribution in [-0.4, -0.2) is 22.2 Å². The summed E-state index contributed by atoms with van der Waals surface area (Å²) >= 11 is 5.56. The average molecular weight is 270 g/mol. The molecule has 0 N–H and O–H groups in total. The van der Waals surface area contributed by atoms with Gasteiger partial charge in [-0.15, -0.1) is 11.6 Å². The first kappa shape index (κ1) is 12.3.